The number of hydrogen-bond acceptors (Lipinski definition) is 5. The Morgan fingerprint density at radius 2 is 2.21 bits per heavy atom. The molecule has 0 aliphatic rings. The second-order valence-electron chi connectivity index (χ2n) is 4.03. The Morgan fingerprint density at radius 3 is 2.74 bits per heavy atom. The summed E-state index contributed by atoms with van der Waals surface area (Å²) in [6.07, 6.45) is 0.134. The van der Waals surface area contributed by atoms with Crippen LogP contribution in [0.25, 0.3) is 0 Å². The Hall–Kier alpha value is -1.63. The van der Waals surface area contributed by atoms with Crippen LogP contribution in [0.3, 0.4) is 0 Å². The van der Waals surface area contributed by atoms with E-state index >= 15 is 0 Å². The Balaban J connectivity index is 2.96. The molecule has 0 aliphatic carbocycles. The first-order valence-electron chi connectivity index (χ1n) is 5.53. The molecule has 7 heteroatoms. The minimum atomic E-state index is -0.629. The normalized spacial score (nSPS) is 12.0. The van der Waals surface area contributed by atoms with Crippen LogP contribution in [0.5, 0.6) is 0 Å². The molecule has 0 fully saturated rings. The average molecular weight is 287 g/mol. The zero-order chi connectivity index (χ0) is 14.6. The van der Waals surface area contributed by atoms with E-state index in [1.165, 1.54) is 20.1 Å². The van der Waals surface area contributed by atoms with Gasteiger partial charge in [-0.1, -0.05) is 6.92 Å². The number of esters is 1. The number of benzene rings is 1. The predicted octanol–water partition coefficient (Wildman–Crippen LogP) is 3.09. The number of carbonyl (C=O) groups excluding carboxylic acids is 1. The summed E-state index contributed by atoms with van der Waals surface area (Å²) in [5.41, 5.74) is 0.0446. The lowest BCUT2D eigenvalue weighted by molar-refractivity contribution is -0.387. The molecule has 1 aromatic carbocycles. The summed E-state index contributed by atoms with van der Waals surface area (Å²) >= 11 is 1.16. The van der Waals surface area contributed by atoms with Gasteiger partial charge < -0.3 is 4.74 Å². The van der Waals surface area contributed by atoms with Crippen molar-refractivity contribution in [2.45, 2.75) is 30.4 Å². The van der Waals surface area contributed by atoms with Gasteiger partial charge in [0, 0.05) is 5.25 Å². The highest BCUT2D eigenvalue weighted by molar-refractivity contribution is 8.00. The minimum Gasteiger partial charge on any atom is -0.469 e. The summed E-state index contributed by atoms with van der Waals surface area (Å²) in [4.78, 5) is 21.7. The van der Waals surface area contributed by atoms with Crippen molar-refractivity contribution >= 4 is 23.4 Å². The van der Waals surface area contributed by atoms with Crippen LogP contribution < -0.4 is 0 Å². The first-order chi connectivity index (χ1) is 8.85. The summed E-state index contributed by atoms with van der Waals surface area (Å²) in [7, 11) is 1.28. The van der Waals surface area contributed by atoms with Crippen molar-refractivity contribution < 1.29 is 18.8 Å². The van der Waals surface area contributed by atoms with Gasteiger partial charge in [-0.3, -0.25) is 14.9 Å². The Bertz CT molecular complexity index is 507. The van der Waals surface area contributed by atoms with Crippen LogP contribution in [0.2, 0.25) is 0 Å². The number of methoxy groups -OCH3 is 1. The predicted molar refractivity (Wildman–Crippen MR) is 69.7 cm³/mol. The third kappa shape index (κ3) is 4.20. The summed E-state index contributed by atoms with van der Waals surface area (Å²) < 4.78 is 17.9. The number of carbonyl (C=O) groups is 1. The number of hydrogen-bond donors (Lipinski definition) is 0. The molecule has 0 saturated carbocycles. The largest absolute Gasteiger partial charge is 0.469 e. The molecular weight excluding hydrogens is 273 g/mol. The van der Waals surface area contributed by atoms with Crippen molar-refractivity contribution in [1.82, 2.24) is 0 Å². The highest BCUT2D eigenvalue weighted by Gasteiger charge is 2.20. The summed E-state index contributed by atoms with van der Waals surface area (Å²) in [5.74, 6) is -1.00. The van der Waals surface area contributed by atoms with Crippen LogP contribution in [-0.4, -0.2) is 23.3 Å². The van der Waals surface area contributed by atoms with E-state index in [4.69, 9.17) is 0 Å². The third-order valence-electron chi connectivity index (χ3n) is 2.45. The molecule has 0 aromatic heterocycles. The van der Waals surface area contributed by atoms with Crippen LogP contribution in [0.1, 0.15) is 18.9 Å². The van der Waals surface area contributed by atoms with Gasteiger partial charge in [0.1, 0.15) is 5.82 Å². The highest BCUT2D eigenvalue weighted by Crippen LogP contribution is 2.35. The zero-order valence-corrected chi connectivity index (χ0v) is 11.6. The molecule has 104 valence electrons. The van der Waals surface area contributed by atoms with Crippen molar-refractivity contribution in [2.75, 3.05) is 7.11 Å². The minimum absolute atomic E-state index is 0.134. The SMILES string of the molecule is COC(=O)CC(C)Sc1cc(C)c(F)cc1[N+](=O)[O-]. The van der Waals surface area contributed by atoms with E-state index in [1.54, 1.807) is 6.92 Å². The molecular formula is C12H14FNO4S. The van der Waals surface area contributed by atoms with Crippen LogP contribution in [-0.2, 0) is 9.53 Å². The van der Waals surface area contributed by atoms with Gasteiger partial charge in [0.25, 0.3) is 5.69 Å². The van der Waals surface area contributed by atoms with Gasteiger partial charge in [-0.05, 0) is 18.6 Å². The molecule has 0 aliphatic heterocycles. The van der Waals surface area contributed by atoms with Crippen molar-refractivity contribution in [2.24, 2.45) is 0 Å². The van der Waals surface area contributed by atoms with E-state index in [-0.39, 0.29) is 23.3 Å². The van der Waals surface area contributed by atoms with Crippen LogP contribution in [0.4, 0.5) is 10.1 Å². The summed E-state index contributed by atoms with van der Waals surface area (Å²) in [5, 5.41) is 10.7. The molecule has 5 nitrogen and oxygen atoms in total. The molecule has 0 amide bonds. The second-order valence-corrected chi connectivity index (χ2v) is 5.52. The second kappa shape index (κ2) is 6.51. The number of nitro groups is 1. The van der Waals surface area contributed by atoms with Crippen LogP contribution in [0, 0.1) is 22.9 Å². The Morgan fingerprint density at radius 1 is 1.58 bits per heavy atom. The van der Waals surface area contributed by atoms with Crippen molar-refractivity contribution in [3.05, 3.63) is 33.6 Å². The van der Waals surface area contributed by atoms with E-state index in [0.29, 0.717) is 10.5 Å². The highest BCUT2D eigenvalue weighted by atomic mass is 32.2. The van der Waals surface area contributed by atoms with Gasteiger partial charge in [-0.25, -0.2) is 4.39 Å². The van der Waals surface area contributed by atoms with Gasteiger partial charge >= 0.3 is 5.97 Å². The molecule has 1 rings (SSSR count). The molecule has 0 spiro atoms. The molecule has 0 saturated heterocycles. The molecule has 1 unspecified atom stereocenters. The Kier molecular flexibility index (Phi) is 5.29. The smallest absolute Gasteiger partial charge is 0.306 e. The fourth-order valence-electron chi connectivity index (χ4n) is 1.46. The number of nitro benzene ring substituents is 1. The maximum Gasteiger partial charge on any atom is 0.306 e. The number of rotatable bonds is 5. The van der Waals surface area contributed by atoms with E-state index in [0.717, 1.165) is 17.8 Å². The molecule has 0 bridgehead atoms. The molecule has 0 N–H and O–H groups in total. The first-order valence-corrected chi connectivity index (χ1v) is 6.41. The standard InChI is InChI=1S/C12H14FNO4S/c1-7-4-11(10(14(16)17)6-9(7)13)19-8(2)5-12(15)18-3/h4,6,8H,5H2,1-3H3. The number of nitrogens with zero attached hydrogens (tertiary/aromatic N) is 1. The molecule has 0 radical (unpaired) electrons. The third-order valence-corrected chi connectivity index (χ3v) is 3.60. The van der Waals surface area contributed by atoms with E-state index in [9.17, 15) is 19.3 Å². The average Bonchev–Trinajstić information content (AvgIpc) is 2.32. The first kappa shape index (κ1) is 15.4. The van der Waals surface area contributed by atoms with Gasteiger partial charge in [0.2, 0.25) is 0 Å². The maximum absolute atomic E-state index is 13.3. The lowest BCUT2D eigenvalue weighted by atomic mass is 10.2. The van der Waals surface area contributed by atoms with E-state index in [2.05, 4.69) is 4.74 Å². The lowest BCUT2D eigenvalue weighted by Crippen LogP contribution is -2.09. The van der Waals surface area contributed by atoms with Gasteiger partial charge in [0.05, 0.1) is 29.4 Å². The van der Waals surface area contributed by atoms with Crippen molar-refractivity contribution in [3.8, 4) is 0 Å². The topological polar surface area (TPSA) is 69.4 Å². The number of aryl methyl sites for hydroxylation is 1. The van der Waals surface area contributed by atoms with Crippen molar-refractivity contribution in [3.63, 3.8) is 0 Å². The van der Waals surface area contributed by atoms with Crippen molar-refractivity contribution in [1.29, 1.82) is 0 Å². The van der Waals surface area contributed by atoms with Gasteiger partial charge in [-0.15, -0.1) is 11.8 Å². The molecule has 1 atom stereocenters. The van der Waals surface area contributed by atoms with Gasteiger partial charge in [0.15, 0.2) is 0 Å². The Labute approximate surface area is 114 Å². The number of halogens is 1. The fourth-order valence-corrected chi connectivity index (χ4v) is 2.61. The number of ether oxygens (including phenoxy) is 1. The molecule has 0 heterocycles. The summed E-state index contributed by atoms with van der Waals surface area (Å²) in [6, 6.07) is 2.33. The molecule has 19 heavy (non-hydrogen) atoms. The van der Waals surface area contributed by atoms with Crippen LogP contribution >= 0.6 is 11.8 Å². The number of thioether (sulfide) groups is 1. The van der Waals surface area contributed by atoms with E-state index in [1.807, 2.05) is 0 Å². The summed E-state index contributed by atoms with van der Waals surface area (Å²) in [6.45, 7) is 3.29. The lowest BCUT2D eigenvalue weighted by Gasteiger charge is -2.11. The van der Waals surface area contributed by atoms with E-state index < -0.39 is 10.7 Å². The zero-order valence-electron chi connectivity index (χ0n) is 10.8. The monoisotopic (exact) mass is 287 g/mol. The quantitative estimate of drug-likeness (QED) is 0.360. The maximum atomic E-state index is 13.3. The fraction of sp³-hybridized carbons (Fsp3) is 0.417. The van der Waals surface area contributed by atoms with Crippen LogP contribution in [0.15, 0.2) is 17.0 Å². The molecule has 1 aromatic rings. The van der Waals surface area contributed by atoms with Gasteiger partial charge in [-0.2, -0.15) is 0 Å².